The van der Waals surface area contributed by atoms with Crippen molar-refractivity contribution in [2.24, 2.45) is 0 Å². The lowest BCUT2D eigenvalue weighted by molar-refractivity contribution is -0.385. The van der Waals surface area contributed by atoms with Gasteiger partial charge in [0.1, 0.15) is 0 Å². The molecule has 0 saturated carbocycles. The number of nitro groups is 1. The van der Waals surface area contributed by atoms with E-state index < -0.39 is 30.5 Å². The van der Waals surface area contributed by atoms with Crippen molar-refractivity contribution in [3.05, 3.63) is 33.4 Å². The molecule has 0 spiro atoms. The van der Waals surface area contributed by atoms with Gasteiger partial charge in [-0.1, -0.05) is 6.92 Å². The second-order valence-corrected chi connectivity index (χ2v) is 6.60. The standard InChI is InChI=1S/C11H13ClN2O5S/c1-3-4-13-11(15)8-5-9(14(16)17)7(2)10(6-8)20(12,18)19/h5-6H,3-4H2,1-2H3,(H,13,15). The van der Waals surface area contributed by atoms with Crippen LogP contribution in [-0.4, -0.2) is 25.8 Å². The first-order chi connectivity index (χ1) is 9.18. The monoisotopic (exact) mass is 320 g/mol. The van der Waals surface area contributed by atoms with Gasteiger partial charge in [0.25, 0.3) is 20.6 Å². The number of hydrogen-bond donors (Lipinski definition) is 1. The summed E-state index contributed by atoms with van der Waals surface area (Å²) >= 11 is 0. The lowest BCUT2D eigenvalue weighted by Gasteiger charge is -2.08. The number of hydrogen-bond acceptors (Lipinski definition) is 5. The summed E-state index contributed by atoms with van der Waals surface area (Å²) in [5, 5.41) is 13.4. The number of carbonyl (C=O) groups excluding carboxylic acids is 1. The molecule has 0 bridgehead atoms. The van der Waals surface area contributed by atoms with E-state index in [1.807, 2.05) is 6.92 Å². The van der Waals surface area contributed by atoms with E-state index in [9.17, 15) is 23.3 Å². The molecule has 0 aliphatic heterocycles. The highest BCUT2D eigenvalue weighted by Gasteiger charge is 2.25. The van der Waals surface area contributed by atoms with Gasteiger partial charge in [0.05, 0.1) is 9.82 Å². The Bertz CT molecular complexity index is 657. The number of amides is 1. The molecule has 0 radical (unpaired) electrons. The Kier molecular flexibility index (Phi) is 5.07. The molecule has 20 heavy (non-hydrogen) atoms. The molecule has 0 atom stereocenters. The van der Waals surface area contributed by atoms with Gasteiger partial charge in [0.2, 0.25) is 0 Å². The summed E-state index contributed by atoms with van der Waals surface area (Å²) in [6.45, 7) is 3.48. The first kappa shape index (κ1) is 16.4. The third-order valence-corrected chi connectivity index (χ3v) is 4.04. The third kappa shape index (κ3) is 3.67. The molecular weight excluding hydrogens is 308 g/mol. The summed E-state index contributed by atoms with van der Waals surface area (Å²) in [6.07, 6.45) is 0.681. The van der Waals surface area contributed by atoms with Crippen LogP contribution in [0.3, 0.4) is 0 Å². The van der Waals surface area contributed by atoms with Gasteiger partial charge in [-0.15, -0.1) is 0 Å². The lowest BCUT2D eigenvalue weighted by atomic mass is 10.1. The number of carbonyl (C=O) groups is 1. The Morgan fingerprint density at radius 3 is 2.50 bits per heavy atom. The number of nitrogens with zero attached hydrogens (tertiary/aromatic N) is 1. The van der Waals surface area contributed by atoms with Crippen molar-refractivity contribution < 1.29 is 18.1 Å². The van der Waals surface area contributed by atoms with E-state index in [0.717, 1.165) is 12.1 Å². The molecule has 0 saturated heterocycles. The zero-order valence-electron chi connectivity index (χ0n) is 10.8. The zero-order chi connectivity index (χ0) is 15.5. The molecule has 110 valence electrons. The predicted molar refractivity (Wildman–Crippen MR) is 73.5 cm³/mol. The average molecular weight is 321 g/mol. The minimum Gasteiger partial charge on any atom is -0.352 e. The molecule has 0 unspecified atom stereocenters. The molecule has 7 nitrogen and oxygen atoms in total. The number of benzene rings is 1. The molecule has 9 heteroatoms. The largest absolute Gasteiger partial charge is 0.352 e. The van der Waals surface area contributed by atoms with Gasteiger partial charge in [-0.25, -0.2) is 8.42 Å². The molecule has 1 N–H and O–H groups in total. The smallest absolute Gasteiger partial charge is 0.274 e. The summed E-state index contributed by atoms with van der Waals surface area (Å²) in [6, 6.07) is 2.07. The molecule has 0 fully saturated rings. The van der Waals surface area contributed by atoms with Gasteiger partial charge in [0, 0.05) is 34.4 Å². The number of halogens is 1. The van der Waals surface area contributed by atoms with Crippen LogP contribution < -0.4 is 5.32 Å². The fraction of sp³-hybridized carbons (Fsp3) is 0.364. The predicted octanol–water partition coefficient (Wildman–Crippen LogP) is 1.97. The van der Waals surface area contributed by atoms with Crippen molar-refractivity contribution in [1.29, 1.82) is 0 Å². The van der Waals surface area contributed by atoms with Crippen molar-refractivity contribution in [2.75, 3.05) is 6.54 Å². The Balaban J connectivity index is 3.45. The maximum absolute atomic E-state index is 11.8. The maximum Gasteiger partial charge on any atom is 0.274 e. The van der Waals surface area contributed by atoms with Gasteiger partial charge in [0.15, 0.2) is 0 Å². The van der Waals surface area contributed by atoms with Crippen LogP contribution >= 0.6 is 10.7 Å². The second kappa shape index (κ2) is 6.19. The highest BCUT2D eigenvalue weighted by Crippen LogP contribution is 2.29. The van der Waals surface area contributed by atoms with E-state index in [-0.39, 0.29) is 11.1 Å². The van der Waals surface area contributed by atoms with Crippen molar-refractivity contribution in [3.63, 3.8) is 0 Å². The minimum absolute atomic E-state index is 0.1000. The Morgan fingerprint density at radius 1 is 1.45 bits per heavy atom. The van der Waals surface area contributed by atoms with E-state index >= 15 is 0 Å². The van der Waals surface area contributed by atoms with E-state index in [2.05, 4.69) is 5.32 Å². The van der Waals surface area contributed by atoms with Gasteiger partial charge in [-0.3, -0.25) is 14.9 Å². The number of nitrogens with one attached hydrogen (secondary N) is 1. The van der Waals surface area contributed by atoms with Crippen LogP contribution in [0.1, 0.15) is 29.3 Å². The zero-order valence-corrected chi connectivity index (χ0v) is 12.4. The fourth-order valence-corrected chi connectivity index (χ4v) is 2.81. The Hall–Kier alpha value is -1.67. The van der Waals surface area contributed by atoms with Crippen LogP contribution in [-0.2, 0) is 9.05 Å². The van der Waals surface area contributed by atoms with Crippen molar-refractivity contribution >= 4 is 31.3 Å². The van der Waals surface area contributed by atoms with Crippen LogP contribution in [0.25, 0.3) is 0 Å². The van der Waals surface area contributed by atoms with Crippen LogP contribution in [0.2, 0.25) is 0 Å². The third-order valence-electron chi connectivity index (χ3n) is 2.59. The number of nitro benzene ring substituents is 1. The van der Waals surface area contributed by atoms with E-state index in [4.69, 9.17) is 10.7 Å². The van der Waals surface area contributed by atoms with Crippen LogP contribution in [0.15, 0.2) is 17.0 Å². The fourth-order valence-electron chi connectivity index (χ4n) is 1.59. The molecule has 0 aliphatic carbocycles. The van der Waals surface area contributed by atoms with Crippen molar-refractivity contribution in [1.82, 2.24) is 5.32 Å². The quantitative estimate of drug-likeness (QED) is 0.507. The molecule has 1 amide bonds. The van der Waals surface area contributed by atoms with Crippen LogP contribution in [0, 0.1) is 17.0 Å². The molecule has 0 aliphatic rings. The summed E-state index contributed by atoms with van der Waals surface area (Å²) in [5.41, 5.74) is -0.680. The van der Waals surface area contributed by atoms with Crippen molar-refractivity contribution in [2.45, 2.75) is 25.2 Å². The van der Waals surface area contributed by atoms with E-state index in [0.29, 0.717) is 13.0 Å². The molecule has 0 heterocycles. The van der Waals surface area contributed by atoms with Gasteiger partial charge < -0.3 is 5.32 Å². The van der Waals surface area contributed by atoms with Crippen molar-refractivity contribution in [3.8, 4) is 0 Å². The molecule has 0 aromatic heterocycles. The van der Waals surface area contributed by atoms with Gasteiger partial charge >= 0.3 is 0 Å². The average Bonchev–Trinajstić information content (AvgIpc) is 2.34. The summed E-state index contributed by atoms with van der Waals surface area (Å²) in [7, 11) is 1.06. The highest BCUT2D eigenvalue weighted by molar-refractivity contribution is 8.13. The van der Waals surface area contributed by atoms with Gasteiger partial charge in [-0.05, 0) is 19.4 Å². The first-order valence-corrected chi connectivity index (χ1v) is 8.01. The summed E-state index contributed by atoms with van der Waals surface area (Å²) in [5.74, 6) is -0.587. The lowest BCUT2D eigenvalue weighted by Crippen LogP contribution is -2.24. The molecule has 1 aromatic carbocycles. The number of rotatable bonds is 5. The Labute approximate surface area is 120 Å². The highest BCUT2D eigenvalue weighted by atomic mass is 35.7. The second-order valence-electron chi connectivity index (χ2n) is 4.07. The molecular formula is C11H13ClN2O5S. The van der Waals surface area contributed by atoms with E-state index in [1.54, 1.807) is 0 Å². The maximum atomic E-state index is 11.8. The van der Waals surface area contributed by atoms with Crippen LogP contribution in [0.5, 0.6) is 0 Å². The normalized spacial score (nSPS) is 11.2. The molecule has 1 aromatic rings. The van der Waals surface area contributed by atoms with E-state index in [1.165, 1.54) is 6.92 Å². The molecule has 1 rings (SSSR count). The minimum atomic E-state index is -4.18. The van der Waals surface area contributed by atoms with Crippen LogP contribution in [0.4, 0.5) is 5.69 Å². The summed E-state index contributed by atoms with van der Waals surface area (Å²) < 4.78 is 22.9. The topological polar surface area (TPSA) is 106 Å². The SMILES string of the molecule is CCCNC(=O)c1cc([N+](=O)[O-])c(C)c(S(=O)(=O)Cl)c1. The van der Waals surface area contributed by atoms with Gasteiger partial charge in [-0.2, -0.15) is 0 Å². The first-order valence-electron chi connectivity index (χ1n) is 5.70. The summed E-state index contributed by atoms with van der Waals surface area (Å²) in [4.78, 5) is 21.5. The Morgan fingerprint density at radius 2 is 2.05 bits per heavy atom.